The van der Waals surface area contributed by atoms with Crippen molar-refractivity contribution >= 4 is 28.3 Å². The molecule has 0 radical (unpaired) electrons. The maximum Gasteiger partial charge on any atom is 0.408 e. The van der Waals surface area contributed by atoms with Crippen molar-refractivity contribution in [3.8, 4) is 0 Å². The smallest absolute Gasteiger partial charge is 0.408 e. The lowest BCUT2D eigenvalue weighted by atomic mass is 9.97. The van der Waals surface area contributed by atoms with Crippen LogP contribution >= 0.6 is 0 Å². The minimum atomic E-state index is -2.33. The number of carbonyl (C=O) groups excluding carboxylic acids is 1. The SMILES string of the molecule is CCOC(=O)C1=[N+]([O-])O[C@@](C)(CO[Si](C)(C)C(C)(C)C)[C@@H]1O[Si](C)(C)C(C)(C)C. The van der Waals surface area contributed by atoms with E-state index < -0.39 is 34.3 Å². The summed E-state index contributed by atoms with van der Waals surface area (Å²) in [4.78, 5) is 18.5. The molecule has 0 aliphatic carbocycles. The topological polar surface area (TPSA) is 80.1 Å². The first-order valence-electron chi connectivity index (χ1n) is 10.3. The molecule has 0 fully saturated rings. The van der Waals surface area contributed by atoms with E-state index in [0.29, 0.717) is 0 Å². The Kier molecular flexibility index (Phi) is 7.49. The summed E-state index contributed by atoms with van der Waals surface area (Å²) < 4.78 is 18.0. The molecule has 0 aromatic carbocycles. The lowest BCUT2D eigenvalue weighted by molar-refractivity contribution is -0.751. The number of ether oxygens (including phenoxy) is 1. The van der Waals surface area contributed by atoms with Crippen LogP contribution in [0.15, 0.2) is 0 Å². The van der Waals surface area contributed by atoms with Crippen molar-refractivity contribution < 1.29 is 28.1 Å². The average Bonchev–Trinajstić information content (AvgIpc) is 2.74. The highest BCUT2D eigenvalue weighted by Gasteiger charge is 2.58. The summed E-state index contributed by atoms with van der Waals surface area (Å²) in [6, 6.07) is 0. The van der Waals surface area contributed by atoms with Gasteiger partial charge in [0, 0.05) is 0 Å². The fourth-order valence-electron chi connectivity index (χ4n) is 2.35. The van der Waals surface area contributed by atoms with Crippen LogP contribution in [0.1, 0.15) is 55.4 Å². The normalized spacial score (nSPS) is 23.9. The van der Waals surface area contributed by atoms with E-state index in [1.54, 1.807) is 13.8 Å². The Hall–Kier alpha value is -0.906. The Morgan fingerprint density at radius 3 is 2.00 bits per heavy atom. The largest absolute Gasteiger partial charge is 0.458 e. The molecule has 2 atom stereocenters. The zero-order valence-electron chi connectivity index (χ0n) is 20.4. The van der Waals surface area contributed by atoms with Crippen molar-refractivity contribution in [2.24, 2.45) is 0 Å². The molecule has 170 valence electrons. The standard InChI is InChI=1S/C20H41NO6Si2/c1-13-24-17(22)15-16(26-29(11,12)19(5,6)7)20(8,27-21(15)23)14-25-28(9,10)18(2,3)4/h16H,13-14H2,1-12H3/t16-,20+/m1/s1. The van der Waals surface area contributed by atoms with Crippen LogP contribution in [0.2, 0.25) is 36.3 Å². The van der Waals surface area contributed by atoms with Gasteiger partial charge in [0.1, 0.15) is 5.60 Å². The summed E-state index contributed by atoms with van der Waals surface area (Å²) in [5, 5.41) is 12.5. The van der Waals surface area contributed by atoms with Gasteiger partial charge in [-0.2, -0.15) is 0 Å². The molecule has 0 saturated heterocycles. The van der Waals surface area contributed by atoms with Crippen LogP contribution < -0.4 is 0 Å². The van der Waals surface area contributed by atoms with E-state index in [0.717, 1.165) is 0 Å². The minimum absolute atomic E-state index is 0.00257. The van der Waals surface area contributed by atoms with Gasteiger partial charge >= 0.3 is 11.7 Å². The second kappa shape index (κ2) is 8.32. The Balaban J connectivity index is 3.30. The first-order chi connectivity index (χ1) is 12.8. The maximum absolute atomic E-state index is 12.6. The third-order valence-corrected chi connectivity index (χ3v) is 15.4. The molecule has 0 amide bonds. The van der Waals surface area contributed by atoms with Gasteiger partial charge in [0.15, 0.2) is 22.7 Å². The fraction of sp³-hybridized carbons (Fsp3) is 0.900. The van der Waals surface area contributed by atoms with Crippen molar-refractivity contribution in [1.29, 1.82) is 0 Å². The number of esters is 1. The van der Waals surface area contributed by atoms with Crippen molar-refractivity contribution in [2.75, 3.05) is 13.2 Å². The van der Waals surface area contributed by atoms with Gasteiger partial charge in [0.2, 0.25) is 0 Å². The summed E-state index contributed by atoms with van der Waals surface area (Å²) in [6.45, 7) is 25.0. The van der Waals surface area contributed by atoms with E-state index in [2.05, 4.69) is 67.7 Å². The van der Waals surface area contributed by atoms with Crippen molar-refractivity contribution in [3.05, 3.63) is 5.21 Å². The van der Waals surface area contributed by atoms with Gasteiger partial charge in [0.25, 0.3) is 0 Å². The highest BCUT2D eigenvalue weighted by atomic mass is 28.4. The predicted molar refractivity (Wildman–Crippen MR) is 120 cm³/mol. The molecule has 1 rings (SSSR count). The summed E-state index contributed by atoms with van der Waals surface area (Å²) in [6.07, 6.45) is -0.857. The highest BCUT2D eigenvalue weighted by molar-refractivity contribution is 6.74. The summed E-state index contributed by atoms with van der Waals surface area (Å²) >= 11 is 0. The predicted octanol–water partition coefficient (Wildman–Crippen LogP) is 4.62. The number of rotatable bonds is 7. The molecule has 0 unspecified atom stereocenters. The molecule has 1 aliphatic rings. The first-order valence-corrected chi connectivity index (χ1v) is 16.1. The molecule has 1 aliphatic heterocycles. The molecule has 1 heterocycles. The van der Waals surface area contributed by atoms with Crippen molar-refractivity contribution in [2.45, 2.75) is 103 Å². The van der Waals surface area contributed by atoms with E-state index in [-0.39, 0.29) is 33.9 Å². The van der Waals surface area contributed by atoms with Gasteiger partial charge in [-0.3, -0.25) is 5.21 Å². The summed E-state index contributed by atoms with van der Waals surface area (Å²) in [7, 11) is -4.43. The Morgan fingerprint density at radius 2 is 1.59 bits per heavy atom. The third-order valence-electron chi connectivity index (χ3n) is 6.52. The van der Waals surface area contributed by atoms with Gasteiger partial charge in [-0.05, 0) is 50.1 Å². The van der Waals surface area contributed by atoms with Crippen LogP contribution in [0.25, 0.3) is 0 Å². The first kappa shape index (κ1) is 26.1. The maximum atomic E-state index is 12.6. The third kappa shape index (κ3) is 5.62. The number of hydrogen-bond donors (Lipinski definition) is 0. The van der Waals surface area contributed by atoms with E-state index in [9.17, 15) is 10.0 Å². The van der Waals surface area contributed by atoms with Crippen LogP contribution in [0.3, 0.4) is 0 Å². The molecule has 7 nitrogen and oxygen atoms in total. The van der Waals surface area contributed by atoms with Gasteiger partial charge < -0.3 is 18.4 Å². The van der Waals surface area contributed by atoms with E-state index in [1.165, 1.54) is 0 Å². The second-order valence-corrected chi connectivity index (χ2v) is 20.6. The van der Waals surface area contributed by atoms with Crippen LogP contribution in [0.5, 0.6) is 0 Å². The molecule has 0 spiro atoms. The summed E-state index contributed by atoms with van der Waals surface area (Å²) in [5.41, 5.74) is -1.26. The van der Waals surface area contributed by atoms with Gasteiger partial charge in [0.05, 0.1) is 18.1 Å². The van der Waals surface area contributed by atoms with Crippen LogP contribution in [0, 0.1) is 5.21 Å². The van der Waals surface area contributed by atoms with Crippen LogP contribution in [-0.2, 0) is 23.2 Å². The number of nitrogens with zero attached hydrogens (tertiary/aromatic N) is 1. The molecule has 0 aromatic heterocycles. The van der Waals surface area contributed by atoms with Crippen molar-refractivity contribution in [1.82, 2.24) is 0 Å². The minimum Gasteiger partial charge on any atom is -0.458 e. The molecule has 0 aromatic rings. The van der Waals surface area contributed by atoms with Gasteiger partial charge in [-0.15, -0.1) is 0 Å². The lowest BCUT2D eigenvalue weighted by Crippen LogP contribution is -2.57. The zero-order chi connectivity index (χ0) is 23.1. The summed E-state index contributed by atoms with van der Waals surface area (Å²) in [5.74, 6) is -0.706. The number of carbonyl (C=O) groups is 1. The number of hydrogen-bond acceptors (Lipinski definition) is 6. The molecule has 0 N–H and O–H groups in total. The molecule has 0 bridgehead atoms. The van der Waals surface area contributed by atoms with E-state index in [1.807, 2.05) is 0 Å². The Bertz CT molecular complexity index is 648. The van der Waals surface area contributed by atoms with Crippen molar-refractivity contribution in [3.63, 3.8) is 0 Å². The van der Waals surface area contributed by atoms with Gasteiger partial charge in [-0.25, -0.2) is 4.79 Å². The molecule has 9 heteroatoms. The fourth-order valence-corrected chi connectivity index (χ4v) is 4.74. The van der Waals surface area contributed by atoms with Crippen LogP contribution in [-0.4, -0.2) is 58.1 Å². The zero-order valence-corrected chi connectivity index (χ0v) is 22.4. The van der Waals surface area contributed by atoms with E-state index >= 15 is 0 Å². The monoisotopic (exact) mass is 447 g/mol. The van der Waals surface area contributed by atoms with Gasteiger partial charge in [-0.1, -0.05) is 41.5 Å². The van der Waals surface area contributed by atoms with Crippen LogP contribution in [0.4, 0.5) is 0 Å². The molecule has 29 heavy (non-hydrogen) atoms. The lowest BCUT2D eigenvalue weighted by Gasteiger charge is -2.43. The second-order valence-electron chi connectivity index (χ2n) is 11.1. The quantitative estimate of drug-likeness (QED) is 0.322. The highest BCUT2D eigenvalue weighted by Crippen LogP contribution is 2.42. The Labute approximate surface area is 178 Å². The molecule has 0 saturated carbocycles. The molecular formula is C20H41NO6Si2. The Morgan fingerprint density at radius 1 is 1.10 bits per heavy atom. The van der Waals surface area contributed by atoms with E-state index in [4.69, 9.17) is 18.4 Å². The average molecular weight is 448 g/mol. The molecular weight excluding hydrogens is 406 g/mol.